The summed E-state index contributed by atoms with van der Waals surface area (Å²) in [6, 6.07) is 0. The predicted molar refractivity (Wildman–Crippen MR) is 124 cm³/mol. The molecule has 0 heterocycles. The van der Waals surface area contributed by atoms with E-state index in [9.17, 15) is 4.79 Å². The summed E-state index contributed by atoms with van der Waals surface area (Å²) >= 11 is 0. The van der Waals surface area contributed by atoms with Crippen molar-refractivity contribution in [1.29, 1.82) is 0 Å². The summed E-state index contributed by atoms with van der Waals surface area (Å²) in [5.74, 6) is 3.58. The van der Waals surface area contributed by atoms with E-state index in [4.69, 9.17) is 13.8 Å². The van der Waals surface area contributed by atoms with Gasteiger partial charge in [0.2, 0.25) is 6.08 Å². The fourth-order valence-corrected chi connectivity index (χ4v) is 7.14. The molecule has 3 fully saturated rings. The maximum absolute atomic E-state index is 12.0. The normalized spacial score (nSPS) is 38.0. The second-order valence-corrected chi connectivity index (χ2v) is 10.4. The fourth-order valence-electron chi connectivity index (χ4n) is 7.14. The highest BCUT2D eigenvalue weighted by atomic mass is 16.1. The van der Waals surface area contributed by atoms with Gasteiger partial charge in [-0.3, -0.25) is 4.79 Å². The molecule has 30 heavy (non-hydrogen) atoms. The Kier molecular flexibility index (Phi) is 5.73. The molecule has 4 aliphatic rings. The molecule has 0 aliphatic heterocycles. The maximum Gasteiger partial charge on any atom is 0.268 e. The van der Waals surface area contributed by atoms with Crippen molar-refractivity contribution >= 4 is 5.78 Å². The van der Waals surface area contributed by atoms with Crippen LogP contribution in [0, 0.1) is 75.2 Å². The first kappa shape index (κ1) is 21.8. The Morgan fingerprint density at radius 1 is 1.13 bits per heavy atom. The number of carbonyl (C=O) groups is 1. The lowest BCUT2D eigenvalue weighted by molar-refractivity contribution is -0.121. The van der Waals surface area contributed by atoms with E-state index < -0.39 is 0 Å². The van der Waals surface area contributed by atoms with Crippen LogP contribution in [0.4, 0.5) is 0 Å². The molecule has 0 bridgehead atoms. The minimum Gasteiger partial charge on any atom is -0.336 e. The molecular formula is C29H37O. The number of ketones is 1. The molecular weight excluding hydrogens is 364 g/mol. The van der Waals surface area contributed by atoms with Gasteiger partial charge in [-0.05, 0) is 37.0 Å². The zero-order valence-corrected chi connectivity index (χ0v) is 18.7. The van der Waals surface area contributed by atoms with Crippen LogP contribution >= 0.6 is 0 Å². The number of Topliss-reactive ketones (excluding diaryl/α,β-unsaturated/α-hetero) is 1. The summed E-state index contributed by atoms with van der Waals surface area (Å²) in [5, 5.41) is 0. The molecule has 1 radical (unpaired) electrons. The Morgan fingerprint density at radius 3 is 2.60 bits per heavy atom. The minimum absolute atomic E-state index is 0.0182. The molecule has 3 saturated carbocycles. The molecule has 4 aliphatic carbocycles. The Bertz CT molecular complexity index is 778. The van der Waals surface area contributed by atoms with Crippen LogP contribution in [-0.2, 0) is 4.79 Å². The van der Waals surface area contributed by atoms with E-state index in [2.05, 4.69) is 33.4 Å². The van der Waals surface area contributed by atoms with Gasteiger partial charge < -0.3 is 20.8 Å². The quantitative estimate of drug-likeness (QED) is 0.356. The molecule has 0 aromatic carbocycles. The highest BCUT2D eigenvalue weighted by molar-refractivity contribution is 5.82. The maximum atomic E-state index is 12.0. The molecule has 159 valence electrons. The Hall–Kier alpha value is -1.46. The zero-order chi connectivity index (χ0) is 21.7. The van der Waals surface area contributed by atoms with Gasteiger partial charge in [0.25, 0.3) is 5.57 Å². The molecule has 1 nitrogen and oxygen atoms in total. The second-order valence-electron chi connectivity index (χ2n) is 10.4. The molecule has 0 amide bonds. The molecule has 5 atom stereocenters. The lowest BCUT2D eigenvalue weighted by atomic mass is 9.47. The van der Waals surface area contributed by atoms with Gasteiger partial charge in [0, 0.05) is 12.3 Å². The van der Waals surface area contributed by atoms with E-state index in [-0.39, 0.29) is 10.8 Å². The highest BCUT2D eigenvalue weighted by Crippen LogP contribution is 2.67. The first-order valence-electron chi connectivity index (χ1n) is 11.7. The molecule has 0 unspecified atom stereocenters. The zero-order valence-electron chi connectivity index (χ0n) is 18.7. The van der Waals surface area contributed by atoms with Crippen molar-refractivity contribution in [2.75, 3.05) is 0 Å². The van der Waals surface area contributed by atoms with Crippen LogP contribution in [0.3, 0.4) is 0 Å². The van der Waals surface area contributed by atoms with Crippen LogP contribution in [0.25, 0.3) is 0 Å². The average Bonchev–Trinajstić information content (AvgIpc) is 3.06. The van der Waals surface area contributed by atoms with Crippen molar-refractivity contribution in [1.82, 2.24) is 0 Å². The average molecular weight is 402 g/mol. The number of rotatable bonds is 5. The van der Waals surface area contributed by atoms with Crippen molar-refractivity contribution in [2.45, 2.75) is 70.6 Å². The van der Waals surface area contributed by atoms with Gasteiger partial charge >= 0.3 is 0 Å². The second kappa shape index (κ2) is 7.90. The first-order valence-corrected chi connectivity index (χ1v) is 11.7. The number of allylic oxidation sites excluding steroid dienone is 5. The Labute approximate surface area is 185 Å². The van der Waals surface area contributed by atoms with Gasteiger partial charge in [-0.1, -0.05) is 43.3 Å². The topological polar surface area (TPSA) is 17.1 Å². The summed E-state index contributed by atoms with van der Waals surface area (Å²) in [6.45, 7) is 26.1. The predicted octanol–water partition coefficient (Wildman–Crippen LogP) is 7.05. The number of hydrogen-bond donors (Lipinski definition) is 0. The third-order valence-electron chi connectivity index (χ3n) is 8.96. The molecule has 0 aromatic heterocycles. The van der Waals surface area contributed by atoms with Crippen molar-refractivity contribution in [3.8, 4) is 0 Å². The van der Waals surface area contributed by atoms with Gasteiger partial charge in [0.1, 0.15) is 25.2 Å². The van der Waals surface area contributed by atoms with E-state index in [1.807, 2.05) is 0 Å². The first-order chi connectivity index (χ1) is 14.2. The molecule has 0 saturated heterocycles. The highest BCUT2D eigenvalue weighted by Gasteiger charge is 2.57. The van der Waals surface area contributed by atoms with E-state index in [1.165, 1.54) is 23.1 Å². The summed E-state index contributed by atoms with van der Waals surface area (Å²) < 4.78 is 0. The summed E-state index contributed by atoms with van der Waals surface area (Å²) in [7, 11) is 0. The van der Waals surface area contributed by atoms with Crippen LogP contribution in [0.15, 0.2) is 28.9 Å². The Balaban J connectivity index is 1.51. The van der Waals surface area contributed by atoms with E-state index in [0.29, 0.717) is 36.4 Å². The van der Waals surface area contributed by atoms with Gasteiger partial charge in [-0.15, -0.1) is 5.41 Å². The molecule has 1 heteroatoms. The van der Waals surface area contributed by atoms with Gasteiger partial charge in [-0.2, -0.15) is 0 Å². The number of fused-ring (bicyclic) bond motifs is 5. The minimum atomic E-state index is -0.0767. The molecule has 0 N–H and O–H groups in total. The number of carbonyl (C=O) groups excluding carboxylic acids is 1. The monoisotopic (exact) mass is 401 g/mol. The van der Waals surface area contributed by atoms with Gasteiger partial charge in [0.15, 0.2) is 6.42 Å². The van der Waals surface area contributed by atoms with Crippen LogP contribution in [0.1, 0.15) is 70.6 Å². The van der Waals surface area contributed by atoms with Gasteiger partial charge in [-0.25, -0.2) is 0 Å². The van der Waals surface area contributed by atoms with E-state index >= 15 is 0 Å². The standard InChI is InChI=1S/C29H37O/c1-7-21(19(2)3)9-8-20(4)25-12-13-26-24-11-10-22-18-23(30)14-16-28(22,5)27(24)15-17-29(25,26)6/h24-25,27H,1-9,11-18H2/t24-,25+,27-,28-,29+/m0/s1. The van der Waals surface area contributed by atoms with Crippen molar-refractivity contribution in [3.05, 3.63) is 75.5 Å². The van der Waals surface area contributed by atoms with Crippen LogP contribution < -0.4 is 0 Å². The van der Waals surface area contributed by atoms with E-state index in [0.717, 1.165) is 56.9 Å². The summed E-state index contributed by atoms with van der Waals surface area (Å²) in [5.41, 5.74) is 4.66. The Morgan fingerprint density at radius 2 is 1.90 bits per heavy atom. The van der Waals surface area contributed by atoms with Crippen molar-refractivity contribution < 1.29 is 4.79 Å². The largest absolute Gasteiger partial charge is 0.336 e. The third-order valence-corrected chi connectivity index (χ3v) is 8.96. The molecule has 0 spiro atoms. The lowest BCUT2D eigenvalue weighted by Gasteiger charge is -2.59. The van der Waals surface area contributed by atoms with Crippen molar-refractivity contribution in [2.24, 2.45) is 28.6 Å². The fraction of sp³-hybridized carbons (Fsp3) is 0.552. The molecule has 0 aromatic rings. The summed E-state index contributed by atoms with van der Waals surface area (Å²) in [6.07, 6.45) is 14.1. The molecule has 4 rings (SSSR count). The lowest BCUT2D eigenvalue weighted by Crippen LogP contribution is -2.49. The third kappa shape index (κ3) is 3.38. The number of hydrogen-bond acceptors (Lipinski definition) is 1. The SMILES string of the molecule is C=C(CCC(C[CH2-])=C([CH2+])[CH2+])[C@H]1CC[C]2[C@@H]3C[C+]=C4CC(=O)CC[C@]4([CH2-])[C@H]3CC[C@@]21[CH2-]. The summed E-state index contributed by atoms with van der Waals surface area (Å²) in [4.78, 5) is 12.0. The van der Waals surface area contributed by atoms with Gasteiger partial charge in [0.05, 0.1) is 18.4 Å². The van der Waals surface area contributed by atoms with Crippen LogP contribution in [0.2, 0.25) is 0 Å². The van der Waals surface area contributed by atoms with Crippen LogP contribution in [-0.4, -0.2) is 5.78 Å². The van der Waals surface area contributed by atoms with Crippen LogP contribution in [0.5, 0.6) is 0 Å². The van der Waals surface area contributed by atoms with Crippen molar-refractivity contribution in [3.63, 3.8) is 0 Å². The van der Waals surface area contributed by atoms with E-state index in [1.54, 1.807) is 5.92 Å². The smallest absolute Gasteiger partial charge is 0.268 e.